The van der Waals surface area contributed by atoms with Crippen LogP contribution in [-0.2, 0) is 29.3 Å². The molecule has 0 aliphatic carbocycles. The molecule has 12 heteroatoms. The molecule has 0 fully saturated rings. The maximum Gasteiger partial charge on any atom is 0.327 e. The number of carbonyl (C=O) groups is 4. The monoisotopic (exact) mass is 425 g/mol. The van der Waals surface area contributed by atoms with Crippen LogP contribution in [0.1, 0.15) is 58.3 Å². The van der Waals surface area contributed by atoms with Crippen molar-refractivity contribution in [2.24, 2.45) is 0 Å². The Morgan fingerprint density at radius 3 is 1.82 bits per heavy atom. The molecule has 0 aromatic rings. The highest BCUT2D eigenvalue weighted by atomic mass is 32.2. The first kappa shape index (κ1) is 25.8. The SMILES string of the molecule is CCCCCCCCN(C(=O)CC(C(=O)O)S(=O)(=O)O)C(CC(=O)O)C(=O)O. The number of carboxylic acid groups (broad SMARTS) is 3. The summed E-state index contributed by atoms with van der Waals surface area (Å²) in [6, 6.07) is -1.78. The maximum atomic E-state index is 12.4. The van der Waals surface area contributed by atoms with Gasteiger partial charge in [-0.2, -0.15) is 8.42 Å². The van der Waals surface area contributed by atoms with Crippen molar-refractivity contribution in [2.45, 2.75) is 69.6 Å². The molecule has 0 aliphatic heterocycles. The molecule has 0 rings (SSSR count). The zero-order chi connectivity index (χ0) is 21.9. The lowest BCUT2D eigenvalue weighted by atomic mass is 10.1. The van der Waals surface area contributed by atoms with E-state index >= 15 is 0 Å². The van der Waals surface area contributed by atoms with E-state index in [9.17, 15) is 32.7 Å². The number of amides is 1. The van der Waals surface area contributed by atoms with Gasteiger partial charge in [0.25, 0.3) is 10.1 Å². The number of unbranched alkanes of at least 4 members (excludes halogenated alkanes) is 5. The molecule has 2 atom stereocenters. The average Bonchev–Trinajstić information content (AvgIpc) is 2.55. The van der Waals surface area contributed by atoms with Crippen molar-refractivity contribution >= 4 is 33.9 Å². The smallest absolute Gasteiger partial charge is 0.327 e. The lowest BCUT2D eigenvalue weighted by molar-refractivity contribution is -0.155. The lowest BCUT2D eigenvalue weighted by Gasteiger charge is -2.29. The fourth-order valence-corrected chi connectivity index (χ4v) is 3.22. The molecule has 0 radical (unpaired) electrons. The molecular weight excluding hydrogens is 398 g/mol. The summed E-state index contributed by atoms with van der Waals surface area (Å²) in [6.45, 7) is 1.85. The maximum absolute atomic E-state index is 12.4. The van der Waals surface area contributed by atoms with Gasteiger partial charge in [-0.1, -0.05) is 39.0 Å². The first-order chi connectivity index (χ1) is 12.9. The zero-order valence-electron chi connectivity index (χ0n) is 15.6. The number of rotatable bonds is 15. The average molecular weight is 425 g/mol. The Morgan fingerprint density at radius 2 is 1.39 bits per heavy atom. The number of carboxylic acids is 3. The molecule has 11 nitrogen and oxygen atoms in total. The van der Waals surface area contributed by atoms with Crippen LogP contribution in [0.25, 0.3) is 0 Å². The third-order valence-electron chi connectivity index (χ3n) is 4.10. The normalized spacial score (nSPS) is 13.5. The predicted molar refractivity (Wildman–Crippen MR) is 96.4 cm³/mol. The molecule has 0 saturated carbocycles. The van der Waals surface area contributed by atoms with Gasteiger partial charge in [-0.3, -0.25) is 18.9 Å². The van der Waals surface area contributed by atoms with E-state index < -0.39 is 58.1 Å². The fourth-order valence-electron chi connectivity index (χ4n) is 2.61. The summed E-state index contributed by atoms with van der Waals surface area (Å²) in [4.78, 5) is 46.5. The van der Waals surface area contributed by atoms with Crippen molar-refractivity contribution in [1.29, 1.82) is 0 Å². The Bertz CT molecular complexity index is 660. The largest absolute Gasteiger partial charge is 0.481 e. The van der Waals surface area contributed by atoms with E-state index in [4.69, 9.17) is 14.8 Å². The van der Waals surface area contributed by atoms with Gasteiger partial charge in [0.05, 0.1) is 12.8 Å². The number of hydrogen-bond donors (Lipinski definition) is 4. The van der Waals surface area contributed by atoms with Crippen molar-refractivity contribution < 1.29 is 47.5 Å². The van der Waals surface area contributed by atoms with Gasteiger partial charge in [-0.15, -0.1) is 0 Å². The standard InChI is InChI=1S/C16H27NO10S/c1-2-3-4-5-6-7-8-17(11(15(21)22)9-14(19)20)13(18)10-12(16(23)24)28(25,26)27/h11-12H,2-10H2,1H3,(H,19,20)(H,21,22)(H,23,24)(H,25,26,27). The Labute approximate surface area is 163 Å². The second-order valence-corrected chi connectivity index (χ2v) is 7.95. The summed E-state index contributed by atoms with van der Waals surface area (Å²) < 4.78 is 31.3. The van der Waals surface area contributed by atoms with Crippen LogP contribution in [0.15, 0.2) is 0 Å². The highest BCUT2D eigenvalue weighted by Gasteiger charge is 2.38. The van der Waals surface area contributed by atoms with Crippen molar-refractivity contribution in [2.75, 3.05) is 6.54 Å². The van der Waals surface area contributed by atoms with E-state index in [1.807, 2.05) is 6.92 Å². The summed E-state index contributed by atoms with van der Waals surface area (Å²) in [5.41, 5.74) is 0. The lowest BCUT2D eigenvalue weighted by Crippen LogP contribution is -2.48. The van der Waals surface area contributed by atoms with Crippen LogP contribution in [0.2, 0.25) is 0 Å². The molecule has 0 aromatic carbocycles. The molecule has 0 spiro atoms. The van der Waals surface area contributed by atoms with Crippen LogP contribution in [-0.4, -0.2) is 74.8 Å². The van der Waals surface area contributed by atoms with Gasteiger partial charge in [0.15, 0.2) is 5.25 Å². The Morgan fingerprint density at radius 1 is 0.857 bits per heavy atom. The third-order valence-corrected chi connectivity index (χ3v) is 5.18. The van der Waals surface area contributed by atoms with Crippen molar-refractivity contribution in [3.8, 4) is 0 Å². The van der Waals surface area contributed by atoms with Gasteiger partial charge in [0.2, 0.25) is 5.91 Å². The minimum Gasteiger partial charge on any atom is -0.481 e. The number of aliphatic carboxylic acids is 3. The predicted octanol–water partition coefficient (Wildman–Crippen LogP) is 0.835. The molecule has 0 saturated heterocycles. The molecule has 28 heavy (non-hydrogen) atoms. The van der Waals surface area contributed by atoms with Crippen molar-refractivity contribution in [1.82, 2.24) is 4.90 Å². The molecule has 4 N–H and O–H groups in total. The Hall–Kier alpha value is -2.21. The number of hydrogen-bond acceptors (Lipinski definition) is 6. The second-order valence-electron chi connectivity index (χ2n) is 6.35. The molecule has 0 heterocycles. The van der Waals surface area contributed by atoms with E-state index in [0.29, 0.717) is 17.7 Å². The summed E-state index contributed by atoms with van der Waals surface area (Å²) in [5, 5.41) is 24.6. The van der Waals surface area contributed by atoms with Crippen molar-refractivity contribution in [3.05, 3.63) is 0 Å². The minimum atomic E-state index is -5.11. The summed E-state index contributed by atoms with van der Waals surface area (Å²) in [5.74, 6) is -6.24. The fraction of sp³-hybridized carbons (Fsp3) is 0.750. The van der Waals surface area contributed by atoms with Crippen LogP contribution in [0.4, 0.5) is 0 Å². The van der Waals surface area contributed by atoms with Gasteiger partial charge in [0, 0.05) is 6.54 Å². The van der Waals surface area contributed by atoms with Gasteiger partial charge in [-0.25, -0.2) is 4.79 Å². The minimum absolute atomic E-state index is 0.174. The van der Waals surface area contributed by atoms with E-state index in [1.165, 1.54) is 0 Å². The number of nitrogens with zero attached hydrogens (tertiary/aromatic N) is 1. The highest BCUT2D eigenvalue weighted by molar-refractivity contribution is 7.87. The second kappa shape index (κ2) is 12.3. The van der Waals surface area contributed by atoms with Gasteiger partial charge in [-0.05, 0) is 6.42 Å². The topological polar surface area (TPSA) is 187 Å². The molecule has 0 aliphatic rings. The molecule has 0 aromatic heterocycles. The quantitative estimate of drug-likeness (QED) is 0.216. The van der Waals surface area contributed by atoms with E-state index in [-0.39, 0.29) is 6.54 Å². The molecule has 162 valence electrons. The van der Waals surface area contributed by atoms with E-state index in [1.54, 1.807) is 0 Å². The molecule has 0 bridgehead atoms. The van der Waals surface area contributed by atoms with Crippen LogP contribution in [0.5, 0.6) is 0 Å². The third kappa shape index (κ3) is 9.65. The Balaban J connectivity index is 5.37. The summed E-state index contributed by atoms with van der Waals surface area (Å²) in [6.07, 6.45) is 2.60. The van der Waals surface area contributed by atoms with Gasteiger partial charge < -0.3 is 20.2 Å². The Kier molecular flexibility index (Phi) is 11.3. The molecule has 1 amide bonds. The van der Waals surface area contributed by atoms with Crippen molar-refractivity contribution in [3.63, 3.8) is 0 Å². The molecular formula is C16H27NO10S. The summed E-state index contributed by atoms with van der Waals surface area (Å²) in [7, 11) is -5.11. The van der Waals surface area contributed by atoms with E-state index in [2.05, 4.69) is 0 Å². The highest BCUT2D eigenvalue weighted by Crippen LogP contribution is 2.15. The summed E-state index contributed by atoms with van der Waals surface area (Å²) >= 11 is 0. The number of carbonyl (C=O) groups excluding carboxylic acids is 1. The van der Waals surface area contributed by atoms with Crippen LogP contribution in [0.3, 0.4) is 0 Å². The van der Waals surface area contributed by atoms with Gasteiger partial charge >= 0.3 is 17.9 Å². The first-order valence-corrected chi connectivity index (χ1v) is 10.3. The molecule has 2 unspecified atom stereocenters. The van der Waals surface area contributed by atoms with Crippen LogP contribution < -0.4 is 0 Å². The van der Waals surface area contributed by atoms with E-state index in [0.717, 1.165) is 25.7 Å². The van der Waals surface area contributed by atoms with Crippen LogP contribution >= 0.6 is 0 Å². The van der Waals surface area contributed by atoms with Crippen LogP contribution in [0, 0.1) is 0 Å². The zero-order valence-corrected chi connectivity index (χ0v) is 16.4. The van der Waals surface area contributed by atoms with Gasteiger partial charge in [0.1, 0.15) is 6.04 Å². The first-order valence-electron chi connectivity index (χ1n) is 8.85.